The predicted molar refractivity (Wildman–Crippen MR) is 261 cm³/mol. The minimum Gasteiger partial charge on any atom is -0.481 e. The van der Waals surface area contributed by atoms with Crippen LogP contribution in [0.2, 0.25) is 0 Å². The van der Waals surface area contributed by atoms with E-state index in [0.717, 1.165) is 0 Å². The first kappa shape index (κ1) is 64.7. The summed E-state index contributed by atoms with van der Waals surface area (Å²) in [5.41, 5.74) is 21.3. The highest BCUT2D eigenvalue weighted by atomic mass is 32.1. The van der Waals surface area contributed by atoms with E-state index in [1.54, 1.807) is 0 Å². The van der Waals surface area contributed by atoms with Crippen molar-refractivity contribution in [3.05, 3.63) is 0 Å². The summed E-state index contributed by atoms with van der Waals surface area (Å²) in [4.78, 5) is 166. The van der Waals surface area contributed by atoms with Gasteiger partial charge in [0.1, 0.15) is 48.3 Å². The van der Waals surface area contributed by atoms with Gasteiger partial charge in [-0.25, -0.2) is 4.79 Å². The van der Waals surface area contributed by atoms with E-state index in [1.165, 1.54) is 6.92 Å². The number of carboxylic acids is 2. The number of carboxylic acid groups (broad SMARTS) is 2. The minimum atomic E-state index is -1.86. The van der Waals surface area contributed by atoms with Crippen molar-refractivity contribution in [1.29, 1.82) is 0 Å². The standard InChI is InChI=1S/C36H61N15O16S4/c1-14(27(58)42-7-24(54)45-17(6-26(56)57)30(61)49-22(13-71)34(65)51-21(12-70)33(64)48-18(9-52)35(66)67)44-29(60)16(3-2-4-41-36(39)40)47-32(63)20(11-69)50-31(62)19(10-68)46-25(55)8-43-28(59)15(37)5-23(38)53/h14-22,52,68-71H,2-13,37H2,1H3,(H2,38,53)(H,42,58)(H,43,59)(H,44,60)(H,45,54)(H,46,55)(H,47,63)(H,48,64)(H,49,61)(H,50,62)(H,51,65)(H,56,57)(H,66,67)(H4,39,40,41)/t14-,15-,16-,17-,18-,19-,20-,21-,22-/m0/s1. The quantitative estimate of drug-likeness (QED) is 0.0123. The van der Waals surface area contributed by atoms with Crippen LogP contribution in [0.1, 0.15) is 32.6 Å². The van der Waals surface area contributed by atoms with Crippen molar-refractivity contribution >= 4 is 133 Å². The zero-order valence-corrected chi connectivity index (χ0v) is 41.5. The Morgan fingerprint density at radius 2 is 0.887 bits per heavy atom. The lowest BCUT2D eigenvalue weighted by Crippen LogP contribution is -2.59. The third kappa shape index (κ3) is 25.9. The molecule has 11 amide bonds. The molecule has 0 bridgehead atoms. The fourth-order valence-corrected chi connectivity index (χ4v) is 6.31. The van der Waals surface area contributed by atoms with Crippen LogP contribution in [0, 0.1) is 0 Å². The van der Waals surface area contributed by atoms with Crippen molar-refractivity contribution in [2.24, 2.45) is 27.9 Å². The zero-order valence-electron chi connectivity index (χ0n) is 37.9. The number of carbonyl (C=O) groups is 13. The van der Waals surface area contributed by atoms with Gasteiger partial charge in [-0.2, -0.15) is 50.5 Å². The highest BCUT2D eigenvalue weighted by Crippen LogP contribution is 2.04. The number of carbonyl (C=O) groups excluding carboxylic acids is 11. The van der Waals surface area contributed by atoms with Gasteiger partial charge in [-0.3, -0.25) is 62.5 Å². The van der Waals surface area contributed by atoms with E-state index < -0.39 is 170 Å². The molecule has 0 fully saturated rings. The monoisotopic (exact) mass is 1090 g/mol. The summed E-state index contributed by atoms with van der Waals surface area (Å²) < 4.78 is 0. The van der Waals surface area contributed by atoms with Crippen molar-refractivity contribution in [1.82, 2.24) is 53.2 Å². The Hall–Kier alpha value is -6.30. The number of hydrogen-bond acceptors (Lipinski definition) is 20. The number of aliphatic imine (C=N–C) groups is 1. The van der Waals surface area contributed by atoms with E-state index in [9.17, 15) is 72.5 Å². The van der Waals surface area contributed by atoms with E-state index in [1.807, 2.05) is 5.32 Å². The van der Waals surface area contributed by atoms with Crippen molar-refractivity contribution in [3.63, 3.8) is 0 Å². The van der Waals surface area contributed by atoms with Crippen LogP contribution in [-0.2, 0) is 62.3 Å². The van der Waals surface area contributed by atoms with E-state index in [2.05, 4.69) is 103 Å². The van der Waals surface area contributed by atoms with E-state index in [4.69, 9.17) is 28.0 Å². The van der Waals surface area contributed by atoms with Gasteiger partial charge >= 0.3 is 11.9 Å². The number of aliphatic carboxylic acids is 2. The normalized spacial score (nSPS) is 14.5. The summed E-state index contributed by atoms with van der Waals surface area (Å²) >= 11 is 16.1. The molecule has 35 heteroatoms. The van der Waals surface area contributed by atoms with Crippen LogP contribution in [0.5, 0.6) is 0 Å². The van der Waals surface area contributed by atoms with Crippen LogP contribution in [0.25, 0.3) is 0 Å². The molecular formula is C36H61N15O16S4. The lowest BCUT2D eigenvalue weighted by atomic mass is 10.1. The van der Waals surface area contributed by atoms with E-state index in [-0.39, 0.29) is 42.6 Å². The summed E-state index contributed by atoms with van der Waals surface area (Å²) in [6.07, 6.45) is -1.58. The molecule has 21 N–H and O–H groups in total. The lowest BCUT2D eigenvalue weighted by Gasteiger charge is -2.25. The fraction of sp³-hybridized carbons (Fsp3) is 0.611. The minimum absolute atomic E-state index is 0.0119. The van der Waals surface area contributed by atoms with Crippen molar-refractivity contribution < 1.29 is 77.6 Å². The van der Waals surface area contributed by atoms with Crippen LogP contribution < -0.4 is 76.1 Å². The molecule has 0 aliphatic heterocycles. The number of nitrogens with zero attached hydrogens (tertiary/aromatic N) is 1. The topological polar surface area (TPSA) is 519 Å². The number of aliphatic hydroxyl groups excluding tert-OH is 1. The smallest absolute Gasteiger partial charge is 0.328 e. The van der Waals surface area contributed by atoms with Crippen LogP contribution >= 0.6 is 50.5 Å². The zero-order chi connectivity index (χ0) is 54.5. The number of nitrogens with two attached hydrogens (primary N) is 4. The molecule has 0 saturated heterocycles. The number of nitrogens with one attached hydrogen (secondary N) is 10. The number of amides is 11. The largest absolute Gasteiger partial charge is 0.481 e. The Morgan fingerprint density at radius 1 is 0.507 bits per heavy atom. The third-order valence-corrected chi connectivity index (χ3v) is 10.5. The van der Waals surface area contributed by atoms with Crippen molar-refractivity contribution in [3.8, 4) is 0 Å². The van der Waals surface area contributed by atoms with Crippen LogP contribution in [0.15, 0.2) is 4.99 Å². The molecule has 0 spiro atoms. The van der Waals surface area contributed by atoms with Gasteiger partial charge in [0.15, 0.2) is 5.96 Å². The molecule has 400 valence electrons. The van der Waals surface area contributed by atoms with Crippen LogP contribution in [0.4, 0.5) is 0 Å². The SMILES string of the molecule is C[C@H](NC(=O)[C@H](CCCN=C(N)N)NC(=O)[C@H](CS)NC(=O)[C@H](CS)NC(=O)CNC(=O)[C@@H](N)CC(N)=O)C(=O)NCC(=O)N[C@@H](CC(=O)O)C(=O)N[C@@H](CS)C(=O)N[C@@H](CS)C(=O)N[C@@H](CO)C(=O)O. The molecule has 0 heterocycles. The van der Waals surface area contributed by atoms with E-state index in [0.29, 0.717) is 0 Å². The van der Waals surface area contributed by atoms with Crippen molar-refractivity contribution in [2.45, 2.75) is 87.0 Å². The molecule has 0 rings (SSSR count). The van der Waals surface area contributed by atoms with Crippen LogP contribution in [-0.4, -0.2) is 202 Å². The number of rotatable bonds is 34. The molecular weight excluding hydrogens is 1030 g/mol. The Bertz CT molecular complexity index is 1970. The highest BCUT2D eigenvalue weighted by molar-refractivity contribution is 7.80. The maximum atomic E-state index is 13.5. The molecule has 0 aromatic carbocycles. The Morgan fingerprint density at radius 3 is 1.28 bits per heavy atom. The van der Waals surface area contributed by atoms with Gasteiger partial charge < -0.3 is 91.4 Å². The maximum absolute atomic E-state index is 13.5. The number of aliphatic hydroxyl groups is 1. The van der Waals surface area contributed by atoms with Gasteiger partial charge in [0.05, 0.1) is 38.6 Å². The fourth-order valence-electron chi connectivity index (χ4n) is 5.28. The highest BCUT2D eigenvalue weighted by Gasteiger charge is 2.33. The van der Waals surface area contributed by atoms with Crippen LogP contribution in [0.3, 0.4) is 0 Å². The Kier molecular flexibility index (Phi) is 31.1. The summed E-state index contributed by atoms with van der Waals surface area (Å²) in [6.45, 7) is -1.35. The molecule has 31 nitrogen and oxygen atoms in total. The van der Waals surface area contributed by atoms with Gasteiger partial charge in [0.25, 0.3) is 0 Å². The van der Waals surface area contributed by atoms with E-state index >= 15 is 0 Å². The number of primary amides is 1. The molecule has 0 unspecified atom stereocenters. The second kappa shape index (κ2) is 34.1. The molecule has 0 aliphatic rings. The second-order valence-corrected chi connectivity index (χ2v) is 16.2. The molecule has 0 saturated carbocycles. The molecule has 0 aromatic heterocycles. The first-order valence-corrected chi connectivity index (χ1v) is 23.3. The molecule has 0 aliphatic carbocycles. The molecule has 9 atom stereocenters. The summed E-state index contributed by atoms with van der Waals surface area (Å²) in [7, 11) is 0. The number of hydrogen-bond donors (Lipinski definition) is 21. The Balaban J connectivity index is 5.76. The summed E-state index contributed by atoms with van der Waals surface area (Å²) in [5, 5.41) is 49.9. The third-order valence-electron chi connectivity index (χ3n) is 9.04. The molecule has 0 radical (unpaired) electrons. The number of guanidine groups is 1. The molecule has 0 aromatic rings. The van der Waals surface area contributed by atoms with Gasteiger partial charge in [-0.05, 0) is 19.8 Å². The molecule has 71 heavy (non-hydrogen) atoms. The Labute approximate surface area is 426 Å². The van der Waals surface area contributed by atoms with Gasteiger partial charge in [0.2, 0.25) is 65.0 Å². The predicted octanol–water partition coefficient (Wildman–Crippen LogP) is -10.4. The van der Waals surface area contributed by atoms with Gasteiger partial charge in [0, 0.05) is 29.6 Å². The summed E-state index contributed by atoms with van der Waals surface area (Å²) in [5.74, 6) is -15.8. The van der Waals surface area contributed by atoms with Crippen molar-refractivity contribution in [2.75, 3.05) is 49.3 Å². The maximum Gasteiger partial charge on any atom is 0.328 e. The lowest BCUT2D eigenvalue weighted by molar-refractivity contribution is -0.143. The average Bonchev–Trinajstić information content (AvgIpc) is 3.30. The van der Waals surface area contributed by atoms with Gasteiger partial charge in [-0.1, -0.05) is 0 Å². The summed E-state index contributed by atoms with van der Waals surface area (Å²) in [6, 6.07) is -13.6. The first-order chi connectivity index (χ1) is 33.2. The first-order valence-electron chi connectivity index (χ1n) is 20.8. The second-order valence-electron chi connectivity index (χ2n) is 14.8. The number of thiol groups is 4. The average molecular weight is 1090 g/mol. The van der Waals surface area contributed by atoms with Gasteiger partial charge in [-0.15, -0.1) is 0 Å².